The van der Waals surface area contributed by atoms with Crippen LogP contribution in [0, 0.1) is 17.9 Å². The van der Waals surface area contributed by atoms with E-state index in [1.807, 2.05) is 130 Å². The molecule has 1 atom stereocenters. The molecule has 1 amide bonds. The van der Waals surface area contributed by atoms with Gasteiger partial charge in [-0.05, 0) is 122 Å². The molecule has 0 bridgehead atoms. The van der Waals surface area contributed by atoms with Crippen LogP contribution in [-0.2, 0) is 53.7 Å². The summed E-state index contributed by atoms with van der Waals surface area (Å²) in [5, 5.41) is 34.6. The number of carbonyl (C=O) groups is 2. The number of thiophene rings is 6. The van der Waals surface area contributed by atoms with Crippen LogP contribution in [0.4, 0.5) is 31.7 Å². The highest BCUT2D eigenvalue weighted by molar-refractivity contribution is 7.26. The lowest BCUT2D eigenvalue weighted by Gasteiger charge is -2.20. The number of aliphatic hydroxyl groups excluding tert-OH is 2. The number of nitriles is 1. The van der Waals surface area contributed by atoms with Crippen molar-refractivity contribution in [3.8, 4) is 47.1 Å². The van der Waals surface area contributed by atoms with E-state index in [4.69, 9.17) is 51.9 Å². The highest BCUT2D eigenvalue weighted by Gasteiger charge is 2.43. The van der Waals surface area contributed by atoms with Crippen molar-refractivity contribution >= 4 is 164 Å². The van der Waals surface area contributed by atoms with E-state index in [0.717, 1.165) is 64.2 Å². The lowest BCUT2D eigenvalue weighted by Crippen LogP contribution is -2.28. The minimum absolute atomic E-state index is 0.0444. The van der Waals surface area contributed by atoms with Crippen molar-refractivity contribution in [2.75, 3.05) is 86.8 Å². The monoisotopic (exact) mass is 1770 g/mol. The molecular weight excluding hydrogens is 1680 g/mol. The average molecular weight is 1770 g/mol. The van der Waals surface area contributed by atoms with Crippen LogP contribution in [0.5, 0.6) is 11.8 Å². The van der Waals surface area contributed by atoms with Gasteiger partial charge in [0.2, 0.25) is 41.1 Å². The van der Waals surface area contributed by atoms with E-state index in [1.54, 1.807) is 68.0 Å². The average Bonchev–Trinajstić information content (AvgIpc) is 1.57. The zero-order valence-corrected chi connectivity index (χ0v) is 74.0. The standard InChI is InChI=1S/C38H35N9O4S2.C24H21N3O2S2.C15H17NO2S2.C13H14N6O/c1-38(2)25-15-24(14-23(17-39)34-44-27-6-4-5-7-28(27)51-34)52-31(25)32-26(38)16-29(53-32)47(3)12-13-49-37(48)41-18-21-8-10-22(11-9-21)19-50-35-30-33(43-20-42-30)45-36(40)46-35;1-24(2)15-11-14(12-18(25-3)23-26-17-7-5-6-8-19(17)29-23)30-21(15)22-16(24)13-20(31-22)27(4)9-10-28;1-15(2)10-6-9(8-18)19-13(10)14-11(15)7-12(20-14)16(3)4-5-17;14-5-8-1-3-9(4-2-8)6-20-12-10-11(17-7-16-10)18-13(15)19-12/h4-11,15-16,20,23H,12-14,18-19H2,1-3H3,(H,41,48)(H3,40,42,43,45,46);5-8,11-13,28H,9-10H2,1-2,4H3;6-8,17H,4-5H2,1-3H3;1-4,7H,5-6,14H2,(H3,15,16,17,18,19)/b;18-12-;;. The molecule has 19 rings (SSSR count). The number of aromatic nitrogens is 10. The van der Waals surface area contributed by atoms with E-state index in [1.165, 1.54) is 80.3 Å². The number of para-hydroxylation sites is 4. The molecule has 0 saturated carbocycles. The van der Waals surface area contributed by atoms with E-state index in [2.05, 4.69) is 153 Å². The van der Waals surface area contributed by atoms with Crippen LogP contribution in [0.25, 0.3) is 90.4 Å². The fraction of sp³-hybridized carbons (Fsp3) is 0.267. The molecule has 3 aliphatic rings. The topological polar surface area (TPSA) is 391 Å². The number of nitrogen functional groups attached to an aromatic ring is 2. The number of alkyl carbamates (subject to hydrolysis) is 1. The van der Waals surface area contributed by atoms with Gasteiger partial charge >= 0.3 is 6.09 Å². The predicted octanol–water partition coefficient (Wildman–Crippen LogP) is 17.7. The van der Waals surface area contributed by atoms with Gasteiger partial charge in [-0.3, -0.25) is 4.79 Å². The number of nitrogens with two attached hydrogens (primary N) is 3. The quantitative estimate of drug-likeness (QED) is 0.0195. The summed E-state index contributed by atoms with van der Waals surface area (Å²) >= 11 is 10.3. The van der Waals surface area contributed by atoms with Gasteiger partial charge in [0.15, 0.2) is 28.7 Å². The number of oxazole rings is 2. The third-order valence-corrected chi connectivity index (χ3v) is 29.5. The normalized spacial score (nSPS) is 13.5. The van der Waals surface area contributed by atoms with Gasteiger partial charge in [-0.25, -0.2) is 29.6 Å². The molecule has 12 aromatic heterocycles. The maximum Gasteiger partial charge on any atom is 0.407 e. The molecule has 11 N–H and O–H groups in total. The van der Waals surface area contributed by atoms with E-state index in [0.29, 0.717) is 108 Å². The Bertz CT molecular complexity index is 6680. The number of rotatable bonds is 25. The molecule has 4 aromatic carbocycles. The zero-order valence-electron chi connectivity index (χ0n) is 69.1. The van der Waals surface area contributed by atoms with Gasteiger partial charge in [0, 0.05) is 94.4 Å². The van der Waals surface area contributed by atoms with Crippen molar-refractivity contribution in [3.63, 3.8) is 0 Å². The highest BCUT2D eigenvalue weighted by atomic mass is 32.1. The first-order valence-corrected chi connectivity index (χ1v) is 44.5. The number of amides is 1. The molecule has 124 heavy (non-hydrogen) atoms. The Kier molecular flexibility index (Phi) is 24.4. The van der Waals surface area contributed by atoms with Crippen LogP contribution in [0.15, 0.2) is 155 Å². The van der Waals surface area contributed by atoms with E-state index < -0.39 is 12.0 Å². The first-order valence-electron chi connectivity index (χ1n) is 39.6. The summed E-state index contributed by atoms with van der Waals surface area (Å²) in [6.45, 7) is 24.9. The number of aliphatic hydroxyl groups is 2. The largest absolute Gasteiger partial charge is 0.471 e. The SMILES string of the molecule is CN(CCO)c1cc2c(s1)-c1sc(C=O)cc1C2(C)C.CN(CCOC(=O)NCc1ccc(COc2nc(N)nc3nc[nH]c23)cc1)c1cc2c(s1)-c1sc(CC(C#N)c3nc4ccccc4o3)cc1C2(C)C.NCc1ccc(COc2nc(N)nc3nc[nH]c23)cc1.[C-]#[N+]/C(=C\c1cc2c(s1)-c1sc(N(C)CCO)cc1C2(C)C)c1nc2ccccc2o1. The van der Waals surface area contributed by atoms with E-state index in [-0.39, 0.29) is 54.6 Å². The van der Waals surface area contributed by atoms with Crippen molar-refractivity contribution in [1.29, 1.82) is 5.26 Å². The summed E-state index contributed by atoms with van der Waals surface area (Å²) in [6.07, 6.45) is 5.92. The van der Waals surface area contributed by atoms with Crippen LogP contribution in [0.1, 0.15) is 134 Å². The van der Waals surface area contributed by atoms with Crippen LogP contribution >= 0.6 is 68.0 Å². The van der Waals surface area contributed by atoms with Crippen molar-refractivity contribution < 1.29 is 42.8 Å². The summed E-state index contributed by atoms with van der Waals surface area (Å²) in [6, 6.07) is 46.3. The number of benzene rings is 4. The van der Waals surface area contributed by atoms with Crippen LogP contribution in [0.2, 0.25) is 0 Å². The van der Waals surface area contributed by atoms with Gasteiger partial charge in [-0.2, -0.15) is 25.2 Å². The lowest BCUT2D eigenvalue weighted by atomic mass is 9.84. The smallest absolute Gasteiger partial charge is 0.407 e. The Morgan fingerprint density at radius 1 is 0.589 bits per heavy atom. The van der Waals surface area contributed by atoms with Gasteiger partial charge in [0.1, 0.15) is 47.8 Å². The number of hydrogen-bond acceptors (Lipinski definition) is 30. The van der Waals surface area contributed by atoms with Crippen molar-refractivity contribution in [2.45, 2.75) is 96.4 Å². The van der Waals surface area contributed by atoms with Crippen LogP contribution in [-0.4, -0.2) is 133 Å². The molecule has 0 aliphatic heterocycles. The van der Waals surface area contributed by atoms with Crippen molar-refractivity contribution in [3.05, 3.63) is 240 Å². The zero-order chi connectivity index (χ0) is 86.9. The Labute approximate surface area is 737 Å². The first-order chi connectivity index (χ1) is 59.8. The third kappa shape index (κ3) is 17.3. The molecule has 3 aliphatic carbocycles. The molecule has 16 aromatic rings. The number of aldehydes is 1. The molecule has 0 radical (unpaired) electrons. The molecule has 0 saturated heterocycles. The molecule has 34 heteroatoms. The number of likely N-dealkylation sites (N-methyl/N-ethyl adjacent to an activating group) is 3. The number of nitrogens with one attached hydrogen (secondary N) is 3. The third-order valence-electron chi connectivity index (χ3n) is 22.0. The van der Waals surface area contributed by atoms with E-state index >= 15 is 0 Å². The molecule has 0 spiro atoms. The summed E-state index contributed by atoms with van der Waals surface area (Å²) in [5.41, 5.74) is 33.8. The Morgan fingerprint density at radius 3 is 1.53 bits per heavy atom. The Morgan fingerprint density at radius 2 is 1.04 bits per heavy atom. The van der Waals surface area contributed by atoms with Gasteiger partial charge < -0.3 is 80.4 Å². The highest BCUT2D eigenvalue weighted by Crippen LogP contribution is 2.60. The molecule has 1 unspecified atom stereocenters. The van der Waals surface area contributed by atoms with Crippen molar-refractivity contribution in [1.82, 2.24) is 55.2 Å². The number of H-pyrrole nitrogens is 2. The van der Waals surface area contributed by atoms with Crippen LogP contribution in [0.3, 0.4) is 0 Å². The maximum atomic E-state index is 12.5. The summed E-state index contributed by atoms with van der Waals surface area (Å²) in [5.74, 6) is 1.30. The van der Waals surface area contributed by atoms with Gasteiger partial charge in [-0.15, -0.1) is 68.0 Å². The van der Waals surface area contributed by atoms with Crippen molar-refractivity contribution in [2.24, 2.45) is 5.73 Å². The fourth-order valence-electron chi connectivity index (χ4n) is 14.9. The second-order valence-electron chi connectivity index (χ2n) is 31.3. The number of hydrogen-bond donors (Lipinski definition) is 8. The number of carbonyl (C=O) groups excluding carboxylic acids is 2. The summed E-state index contributed by atoms with van der Waals surface area (Å²) in [4.78, 5) is 83.4. The minimum atomic E-state index is -0.477. The number of ether oxygens (including phenoxy) is 3. The second-order valence-corrected chi connectivity index (χ2v) is 37.7. The minimum Gasteiger partial charge on any atom is -0.471 e. The number of anilines is 5. The second kappa shape index (κ2) is 35.6. The first kappa shape index (κ1) is 84.8. The summed E-state index contributed by atoms with van der Waals surface area (Å²) < 4.78 is 28.8. The molecular formula is C90H87N19O9S6. The van der Waals surface area contributed by atoms with Gasteiger partial charge in [0.25, 0.3) is 0 Å². The Balaban J connectivity index is 0.000000134. The molecule has 12 heterocycles. The Hall–Kier alpha value is -12.7. The van der Waals surface area contributed by atoms with Gasteiger partial charge in [-0.1, -0.05) is 114 Å². The fourth-order valence-corrected chi connectivity index (χ4v) is 23.1. The summed E-state index contributed by atoms with van der Waals surface area (Å²) in [7, 11) is 6.02. The van der Waals surface area contributed by atoms with Crippen LogP contribution < -0.4 is 46.7 Å². The number of nitrogens with zero attached hydrogens (tertiary/aromatic N) is 13. The predicted molar refractivity (Wildman–Crippen MR) is 493 cm³/mol. The van der Waals surface area contributed by atoms with E-state index in [9.17, 15) is 20.0 Å². The van der Waals surface area contributed by atoms with Gasteiger partial charge in [0.05, 0.1) is 79.6 Å². The molecule has 28 nitrogen and oxygen atoms in total. The number of fused-ring (bicyclic) bond motifs is 13. The number of aromatic amines is 2. The maximum absolute atomic E-state index is 12.5. The number of imidazole rings is 2. The molecule has 632 valence electrons. The lowest BCUT2D eigenvalue weighted by molar-refractivity contribution is 0.112. The molecule has 0 fully saturated rings.